The van der Waals surface area contributed by atoms with Crippen LogP contribution in [-0.2, 0) is 4.74 Å². The number of hydrogen-bond donors (Lipinski definition) is 1. The van der Waals surface area contributed by atoms with Gasteiger partial charge in [-0.25, -0.2) is 4.79 Å². The first kappa shape index (κ1) is 19.6. The zero-order valence-electron chi connectivity index (χ0n) is 16.5. The number of aromatic carboxylic acids is 1. The molecule has 1 aliphatic heterocycles. The second kappa shape index (κ2) is 8.78. The number of carbonyl (C=O) groups is 2. The van der Waals surface area contributed by atoms with E-state index < -0.39 is 5.97 Å². The Hall–Kier alpha value is -2.66. The lowest BCUT2D eigenvalue weighted by atomic mass is 9.94. The molecule has 4 rings (SSSR count). The van der Waals surface area contributed by atoms with Crippen molar-refractivity contribution in [2.75, 3.05) is 13.1 Å². The third-order valence-electron chi connectivity index (χ3n) is 6.02. The molecule has 2 aliphatic rings. The molecule has 2 aromatic carbocycles. The van der Waals surface area contributed by atoms with E-state index in [2.05, 4.69) is 0 Å². The van der Waals surface area contributed by atoms with Gasteiger partial charge in [0, 0.05) is 18.7 Å². The molecule has 0 atom stereocenters. The largest absolute Gasteiger partial charge is 0.478 e. The van der Waals surface area contributed by atoms with Crippen LogP contribution in [0.15, 0.2) is 48.5 Å². The van der Waals surface area contributed by atoms with Crippen molar-refractivity contribution in [1.82, 2.24) is 4.90 Å². The minimum atomic E-state index is -0.993. The van der Waals surface area contributed by atoms with E-state index >= 15 is 0 Å². The van der Waals surface area contributed by atoms with Crippen molar-refractivity contribution in [3.05, 3.63) is 59.7 Å². The normalized spacial score (nSPS) is 18.1. The Morgan fingerprint density at radius 1 is 0.793 bits per heavy atom. The first-order valence-electron chi connectivity index (χ1n) is 10.5. The van der Waals surface area contributed by atoms with Gasteiger partial charge in [0.05, 0.1) is 17.8 Å². The van der Waals surface area contributed by atoms with Crippen molar-refractivity contribution in [3.63, 3.8) is 0 Å². The lowest BCUT2D eigenvalue weighted by Crippen LogP contribution is -2.41. The third kappa shape index (κ3) is 4.35. The number of carbonyl (C=O) groups excluding carboxylic acids is 1. The molecule has 1 saturated carbocycles. The fraction of sp³-hybridized carbons (Fsp3) is 0.417. The molecule has 1 amide bonds. The molecule has 1 aliphatic carbocycles. The fourth-order valence-corrected chi connectivity index (χ4v) is 4.47. The van der Waals surface area contributed by atoms with Gasteiger partial charge in [0.2, 0.25) is 0 Å². The summed E-state index contributed by atoms with van der Waals surface area (Å²) in [5.41, 5.74) is 2.00. The number of likely N-dealkylation sites (tertiary alicyclic amines) is 1. The summed E-state index contributed by atoms with van der Waals surface area (Å²) in [7, 11) is 0. The van der Waals surface area contributed by atoms with E-state index in [0.29, 0.717) is 35.9 Å². The molecule has 2 aromatic rings. The van der Waals surface area contributed by atoms with Crippen molar-refractivity contribution in [3.8, 4) is 11.1 Å². The van der Waals surface area contributed by atoms with Crippen molar-refractivity contribution in [2.45, 2.75) is 50.7 Å². The molecule has 0 spiro atoms. The molecule has 0 bridgehead atoms. The Labute approximate surface area is 171 Å². The Kier molecular flexibility index (Phi) is 5.95. The highest BCUT2D eigenvalue weighted by Gasteiger charge is 2.28. The predicted molar refractivity (Wildman–Crippen MR) is 111 cm³/mol. The molecule has 5 nitrogen and oxygen atoms in total. The number of nitrogens with zero attached hydrogens (tertiary/aromatic N) is 1. The smallest absolute Gasteiger partial charge is 0.336 e. The second-order valence-corrected chi connectivity index (χ2v) is 7.93. The summed E-state index contributed by atoms with van der Waals surface area (Å²) in [6.45, 7) is 1.34. The summed E-state index contributed by atoms with van der Waals surface area (Å²) in [5, 5.41) is 9.54. The van der Waals surface area contributed by atoms with Crippen molar-refractivity contribution < 1.29 is 19.4 Å². The predicted octanol–water partition coefficient (Wildman–Crippen LogP) is 4.62. The summed E-state index contributed by atoms with van der Waals surface area (Å²) in [5.74, 6) is -1.03. The summed E-state index contributed by atoms with van der Waals surface area (Å²) in [4.78, 5) is 26.8. The standard InChI is InChI=1S/C24H27NO4/c26-23(25-15-13-18(14-16-25)29-17-7-1-2-8-17)21-11-5-3-9-19(21)20-10-4-6-12-22(20)24(27)28/h3-6,9-12,17-18H,1-2,7-8,13-16H2,(H,27,28). The molecule has 0 radical (unpaired) electrons. The van der Waals surface area contributed by atoms with Crippen LogP contribution in [0.25, 0.3) is 11.1 Å². The van der Waals surface area contributed by atoms with Crippen LogP contribution < -0.4 is 0 Å². The van der Waals surface area contributed by atoms with Gasteiger partial charge >= 0.3 is 5.97 Å². The van der Waals surface area contributed by atoms with Crippen LogP contribution in [0.5, 0.6) is 0 Å². The summed E-state index contributed by atoms with van der Waals surface area (Å²) < 4.78 is 6.22. The van der Waals surface area contributed by atoms with Gasteiger partial charge in [-0.2, -0.15) is 0 Å². The van der Waals surface area contributed by atoms with E-state index in [0.717, 1.165) is 25.7 Å². The summed E-state index contributed by atoms with van der Waals surface area (Å²) in [6.07, 6.45) is 7.20. The van der Waals surface area contributed by atoms with Gasteiger partial charge in [-0.05, 0) is 48.9 Å². The van der Waals surface area contributed by atoms with Gasteiger partial charge in [-0.1, -0.05) is 49.2 Å². The van der Waals surface area contributed by atoms with E-state index in [4.69, 9.17) is 4.74 Å². The van der Waals surface area contributed by atoms with Gasteiger partial charge < -0.3 is 14.7 Å². The minimum Gasteiger partial charge on any atom is -0.478 e. The van der Waals surface area contributed by atoms with Gasteiger partial charge in [0.25, 0.3) is 5.91 Å². The maximum Gasteiger partial charge on any atom is 0.336 e. The molecule has 0 unspecified atom stereocenters. The quantitative estimate of drug-likeness (QED) is 0.805. The van der Waals surface area contributed by atoms with E-state index in [1.807, 2.05) is 23.1 Å². The highest BCUT2D eigenvalue weighted by Crippen LogP contribution is 2.30. The number of carboxylic acid groups (broad SMARTS) is 1. The number of hydrogen-bond acceptors (Lipinski definition) is 3. The van der Waals surface area contributed by atoms with E-state index in [9.17, 15) is 14.7 Å². The highest BCUT2D eigenvalue weighted by atomic mass is 16.5. The number of rotatable bonds is 5. The minimum absolute atomic E-state index is 0.0416. The van der Waals surface area contributed by atoms with Crippen LogP contribution in [0.2, 0.25) is 0 Å². The van der Waals surface area contributed by atoms with Crippen LogP contribution in [0.4, 0.5) is 0 Å². The van der Waals surface area contributed by atoms with Gasteiger partial charge in [-0.15, -0.1) is 0 Å². The number of amides is 1. The van der Waals surface area contributed by atoms with E-state index in [1.54, 1.807) is 30.3 Å². The van der Waals surface area contributed by atoms with Crippen LogP contribution in [0.1, 0.15) is 59.2 Å². The third-order valence-corrected chi connectivity index (χ3v) is 6.02. The van der Waals surface area contributed by atoms with Crippen LogP contribution in [0.3, 0.4) is 0 Å². The average Bonchev–Trinajstić information content (AvgIpc) is 3.27. The number of ether oxygens (including phenoxy) is 1. The SMILES string of the molecule is O=C(O)c1ccccc1-c1ccccc1C(=O)N1CCC(OC2CCCC2)CC1. The molecule has 29 heavy (non-hydrogen) atoms. The summed E-state index contributed by atoms with van der Waals surface area (Å²) in [6, 6.07) is 14.1. The molecule has 1 saturated heterocycles. The van der Waals surface area contributed by atoms with Crippen LogP contribution in [0, 0.1) is 0 Å². The van der Waals surface area contributed by atoms with Crippen molar-refractivity contribution in [1.29, 1.82) is 0 Å². The molecule has 2 fully saturated rings. The first-order chi connectivity index (χ1) is 14.1. The van der Waals surface area contributed by atoms with Gasteiger partial charge in [0.15, 0.2) is 0 Å². The number of carboxylic acids is 1. The van der Waals surface area contributed by atoms with E-state index in [1.165, 1.54) is 12.8 Å². The monoisotopic (exact) mass is 393 g/mol. The maximum atomic E-state index is 13.3. The Balaban J connectivity index is 1.50. The maximum absolute atomic E-state index is 13.3. The van der Waals surface area contributed by atoms with E-state index in [-0.39, 0.29) is 17.6 Å². The molecular formula is C24H27NO4. The molecule has 1 N–H and O–H groups in total. The zero-order valence-corrected chi connectivity index (χ0v) is 16.5. The average molecular weight is 393 g/mol. The zero-order chi connectivity index (χ0) is 20.2. The first-order valence-corrected chi connectivity index (χ1v) is 10.5. The lowest BCUT2D eigenvalue weighted by molar-refractivity contribution is -0.0357. The molecule has 5 heteroatoms. The lowest BCUT2D eigenvalue weighted by Gasteiger charge is -2.33. The summed E-state index contributed by atoms with van der Waals surface area (Å²) >= 11 is 0. The van der Waals surface area contributed by atoms with Crippen molar-refractivity contribution in [2.24, 2.45) is 0 Å². The number of piperidine rings is 1. The molecule has 0 aromatic heterocycles. The number of benzene rings is 2. The van der Waals surface area contributed by atoms with Crippen LogP contribution in [-0.4, -0.2) is 47.2 Å². The van der Waals surface area contributed by atoms with Gasteiger partial charge in [0.1, 0.15) is 0 Å². The Morgan fingerprint density at radius 3 is 1.93 bits per heavy atom. The molecule has 152 valence electrons. The van der Waals surface area contributed by atoms with Crippen molar-refractivity contribution >= 4 is 11.9 Å². The fourth-order valence-electron chi connectivity index (χ4n) is 4.47. The Bertz CT molecular complexity index is 880. The topological polar surface area (TPSA) is 66.8 Å². The second-order valence-electron chi connectivity index (χ2n) is 7.93. The van der Waals surface area contributed by atoms with Gasteiger partial charge in [-0.3, -0.25) is 4.79 Å². The van der Waals surface area contributed by atoms with Crippen LogP contribution >= 0.6 is 0 Å². The molecule has 1 heterocycles. The Morgan fingerprint density at radius 2 is 1.31 bits per heavy atom. The highest BCUT2D eigenvalue weighted by molar-refractivity contribution is 6.04. The molecular weight excluding hydrogens is 366 g/mol.